The number of nitrogens with zero attached hydrogens (tertiary/aromatic N) is 5. The lowest BCUT2D eigenvalue weighted by atomic mass is 10.0. The van der Waals surface area contributed by atoms with E-state index in [1.807, 2.05) is 49.3 Å². The molecule has 0 spiro atoms. The molecule has 36 heavy (non-hydrogen) atoms. The molecule has 0 fully saturated rings. The molecule has 0 unspecified atom stereocenters. The van der Waals surface area contributed by atoms with Gasteiger partial charge in [0.25, 0.3) is 0 Å². The van der Waals surface area contributed by atoms with Gasteiger partial charge in [0.05, 0.1) is 28.4 Å². The Labute approximate surface area is 214 Å². The Morgan fingerprint density at radius 2 is 1.94 bits per heavy atom. The molecular weight excluding hydrogens is 477 g/mol. The SMILES string of the molecule is CN(C)CCCOc1ccc(-c2ccc3ncc(C#N)c(N4CCc5cc(F)c(Cl)cc54)c3c2)cn1. The number of rotatable bonds is 7. The molecule has 6 nitrogen and oxygen atoms in total. The van der Waals surface area contributed by atoms with Gasteiger partial charge in [0.15, 0.2) is 0 Å². The van der Waals surface area contributed by atoms with Crippen molar-refractivity contribution < 1.29 is 9.13 Å². The van der Waals surface area contributed by atoms with E-state index in [9.17, 15) is 9.65 Å². The smallest absolute Gasteiger partial charge is 0.213 e. The molecule has 0 bridgehead atoms. The lowest BCUT2D eigenvalue weighted by molar-refractivity contribution is 0.273. The summed E-state index contributed by atoms with van der Waals surface area (Å²) in [5.41, 5.74) is 5.53. The number of pyridine rings is 2. The number of hydrogen-bond acceptors (Lipinski definition) is 6. The van der Waals surface area contributed by atoms with Crippen LogP contribution in [-0.2, 0) is 6.42 Å². The van der Waals surface area contributed by atoms with Crippen molar-refractivity contribution >= 4 is 33.9 Å². The second-order valence-electron chi connectivity index (χ2n) is 9.05. The molecule has 0 aliphatic carbocycles. The number of nitriles is 1. The van der Waals surface area contributed by atoms with Crippen molar-refractivity contribution in [2.75, 3.05) is 38.7 Å². The molecular formula is C28H25ClFN5O. The standard InChI is InChI=1S/C28H25ClFN5O/c1-34(2)9-3-11-36-27-7-5-20(16-33-27)18-4-6-25-22(12-18)28(21(15-31)17-32-25)35-10-8-19-13-24(30)23(29)14-26(19)35/h4-7,12-14,16-17H,3,8-11H2,1-2H3. The number of anilines is 2. The van der Waals surface area contributed by atoms with Crippen molar-refractivity contribution in [2.45, 2.75) is 12.8 Å². The summed E-state index contributed by atoms with van der Waals surface area (Å²) in [5.74, 6) is 0.155. The van der Waals surface area contributed by atoms with E-state index < -0.39 is 5.82 Å². The Bertz CT molecular complexity index is 1470. The minimum absolute atomic E-state index is 0.0632. The fraction of sp³-hybridized carbons (Fsp3) is 0.250. The normalized spacial score (nSPS) is 12.7. The maximum Gasteiger partial charge on any atom is 0.213 e. The number of halogens is 2. The number of ether oxygens (including phenoxy) is 1. The van der Waals surface area contributed by atoms with Gasteiger partial charge in [0, 0.05) is 48.2 Å². The number of benzene rings is 2. The summed E-state index contributed by atoms with van der Waals surface area (Å²) in [5, 5.41) is 10.8. The zero-order valence-corrected chi connectivity index (χ0v) is 20.9. The average molecular weight is 502 g/mol. The van der Waals surface area contributed by atoms with E-state index in [1.165, 1.54) is 6.07 Å². The number of hydrogen-bond donors (Lipinski definition) is 0. The van der Waals surface area contributed by atoms with Crippen molar-refractivity contribution in [3.05, 3.63) is 76.8 Å². The van der Waals surface area contributed by atoms with E-state index in [-0.39, 0.29) is 5.02 Å². The Morgan fingerprint density at radius 1 is 1.11 bits per heavy atom. The maximum atomic E-state index is 14.1. The predicted molar refractivity (Wildman–Crippen MR) is 140 cm³/mol. The van der Waals surface area contributed by atoms with Crippen LogP contribution >= 0.6 is 11.6 Å². The maximum absolute atomic E-state index is 14.1. The first-order valence-electron chi connectivity index (χ1n) is 11.8. The third-order valence-corrected chi connectivity index (χ3v) is 6.61. The van der Waals surface area contributed by atoms with Gasteiger partial charge in [-0.05, 0) is 68.4 Å². The highest BCUT2D eigenvalue weighted by Gasteiger charge is 2.26. The van der Waals surface area contributed by atoms with Crippen molar-refractivity contribution in [1.29, 1.82) is 5.26 Å². The lowest BCUT2D eigenvalue weighted by Gasteiger charge is -2.23. The summed E-state index contributed by atoms with van der Waals surface area (Å²) in [6, 6.07) is 15.2. The molecule has 1 aliphatic heterocycles. The Morgan fingerprint density at radius 3 is 2.69 bits per heavy atom. The summed E-state index contributed by atoms with van der Waals surface area (Å²) < 4.78 is 19.8. The van der Waals surface area contributed by atoms with E-state index in [0.29, 0.717) is 31.0 Å². The van der Waals surface area contributed by atoms with Crippen LogP contribution in [-0.4, -0.2) is 48.7 Å². The molecule has 8 heteroatoms. The highest BCUT2D eigenvalue weighted by atomic mass is 35.5. The van der Waals surface area contributed by atoms with Crippen LogP contribution in [0.1, 0.15) is 17.5 Å². The van der Waals surface area contributed by atoms with Gasteiger partial charge in [-0.1, -0.05) is 17.7 Å². The summed E-state index contributed by atoms with van der Waals surface area (Å²) in [6.45, 7) is 2.19. The summed E-state index contributed by atoms with van der Waals surface area (Å²) in [6.07, 6.45) is 4.97. The van der Waals surface area contributed by atoms with Crippen LogP contribution in [0.4, 0.5) is 15.8 Å². The molecule has 4 aromatic rings. The molecule has 0 saturated carbocycles. The van der Waals surface area contributed by atoms with Gasteiger partial charge in [0.2, 0.25) is 5.88 Å². The van der Waals surface area contributed by atoms with E-state index >= 15 is 0 Å². The van der Waals surface area contributed by atoms with E-state index in [1.54, 1.807) is 18.5 Å². The van der Waals surface area contributed by atoms with Crippen LogP contribution in [0, 0.1) is 17.1 Å². The highest BCUT2D eigenvalue weighted by molar-refractivity contribution is 6.31. The molecule has 1 aliphatic rings. The third kappa shape index (κ3) is 4.70. The Kier molecular flexibility index (Phi) is 6.73. The van der Waals surface area contributed by atoms with Gasteiger partial charge in [-0.25, -0.2) is 9.37 Å². The van der Waals surface area contributed by atoms with Crippen LogP contribution in [0.2, 0.25) is 5.02 Å². The zero-order chi connectivity index (χ0) is 25.2. The average Bonchev–Trinajstić information content (AvgIpc) is 3.28. The molecule has 2 aromatic carbocycles. The third-order valence-electron chi connectivity index (χ3n) is 6.32. The molecule has 182 valence electrons. The van der Waals surface area contributed by atoms with E-state index in [4.69, 9.17) is 16.3 Å². The second-order valence-corrected chi connectivity index (χ2v) is 9.46. The van der Waals surface area contributed by atoms with Gasteiger partial charge < -0.3 is 14.5 Å². The van der Waals surface area contributed by atoms with Gasteiger partial charge in [-0.15, -0.1) is 0 Å². The summed E-state index contributed by atoms with van der Waals surface area (Å²) in [4.78, 5) is 13.1. The largest absolute Gasteiger partial charge is 0.478 e. The number of fused-ring (bicyclic) bond motifs is 2. The first kappa shape index (κ1) is 24.0. The molecule has 5 rings (SSSR count). The molecule has 0 radical (unpaired) electrons. The summed E-state index contributed by atoms with van der Waals surface area (Å²) >= 11 is 6.11. The highest BCUT2D eigenvalue weighted by Crippen LogP contribution is 2.42. The molecule has 2 aromatic heterocycles. The van der Waals surface area contributed by atoms with Crippen molar-refractivity contribution in [2.24, 2.45) is 0 Å². The minimum atomic E-state index is -0.433. The van der Waals surface area contributed by atoms with E-state index in [0.717, 1.165) is 51.9 Å². The van der Waals surface area contributed by atoms with Crippen LogP contribution < -0.4 is 9.64 Å². The second kappa shape index (κ2) is 10.1. The zero-order valence-electron chi connectivity index (χ0n) is 20.1. The molecule has 0 atom stereocenters. The van der Waals surface area contributed by atoms with Gasteiger partial charge in [-0.2, -0.15) is 5.26 Å². The minimum Gasteiger partial charge on any atom is -0.478 e. The van der Waals surface area contributed by atoms with E-state index in [2.05, 4.69) is 20.9 Å². The van der Waals surface area contributed by atoms with Crippen LogP contribution in [0.5, 0.6) is 5.88 Å². The molecule has 0 saturated heterocycles. The van der Waals surface area contributed by atoms with Crippen LogP contribution in [0.3, 0.4) is 0 Å². The topological polar surface area (TPSA) is 65.3 Å². The lowest BCUT2D eigenvalue weighted by Crippen LogP contribution is -2.15. The molecule has 0 N–H and O–H groups in total. The summed E-state index contributed by atoms with van der Waals surface area (Å²) in [7, 11) is 4.07. The first-order chi connectivity index (χ1) is 17.4. The number of aromatic nitrogens is 2. The van der Waals surface area contributed by atoms with Crippen LogP contribution in [0.25, 0.3) is 22.0 Å². The van der Waals surface area contributed by atoms with Gasteiger partial charge >= 0.3 is 0 Å². The van der Waals surface area contributed by atoms with Gasteiger partial charge in [0.1, 0.15) is 11.9 Å². The molecule has 3 heterocycles. The van der Waals surface area contributed by atoms with Crippen LogP contribution in [0.15, 0.2) is 54.9 Å². The fourth-order valence-corrected chi connectivity index (χ4v) is 4.70. The van der Waals surface area contributed by atoms with Crippen molar-refractivity contribution in [1.82, 2.24) is 14.9 Å². The Balaban J connectivity index is 1.50. The Hall–Kier alpha value is -3.73. The van der Waals surface area contributed by atoms with Crippen molar-refractivity contribution in [3.8, 4) is 23.1 Å². The van der Waals surface area contributed by atoms with Gasteiger partial charge in [-0.3, -0.25) is 4.98 Å². The quantitative estimate of drug-likeness (QED) is 0.290. The molecule has 0 amide bonds. The monoisotopic (exact) mass is 501 g/mol. The van der Waals surface area contributed by atoms with Crippen molar-refractivity contribution in [3.63, 3.8) is 0 Å². The first-order valence-corrected chi connectivity index (χ1v) is 12.1. The fourth-order valence-electron chi connectivity index (χ4n) is 4.54. The predicted octanol–water partition coefficient (Wildman–Crippen LogP) is 5.99.